The number of nitro benzene ring substituents is 1. The number of carbonyl (C=O) groups is 1. The quantitative estimate of drug-likeness (QED) is 0.371. The number of rotatable bonds is 4. The molecule has 0 unspecified atom stereocenters. The van der Waals surface area contributed by atoms with Crippen LogP contribution < -0.4 is 0 Å². The van der Waals surface area contributed by atoms with Gasteiger partial charge in [-0.05, 0) is 35.9 Å². The molecule has 6 nitrogen and oxygen atoms in total. The van der Waals surface area contributed by atoms with Crippen molar-refractivity contribution in [3.05, 3.63) is 75.6 Å². The summed E-state index contributed by atoms with van der Waals surface area (Å²) >= 11 is 0. The molecule has 0 atom stereocenters. The van der Waals surface area contributed by atoms with Crippen LogP contribution in [0.5, 0.6) is 0 Å². The fourth-order valence-electron chi connectivity index (χ4n) is 1.60. The van der Waals surface area contributed by atoms with Crippen LogP contribution in [0.3, 0.4) is 0 Å². The Kier molecular flexibility index (Phi) is 4.17. The molecule has 0 aliphatic heterocycles. The minimum absolute atomic E-state index is 0.0122. The van der Waals surface area contributed by atoms with E-state index in [9.17, 15) is 14.9 Å². The van der Waals surface area contributed by atoms with Crippen molar-refractivity contribution >= 4 is 17.5 Å². The molecule has 0 aliphatic rings. The molecule has 1 aromatic heterocycles. The highest BCUT2D eigenvalue weighted by atomic mass is 16.6. The summed E-state index contributed by atoms with van der Waals surface area (Å²) in [5, 5.41) is 19.2. The lowest BCUT2D eigenvalue weighted by Crippen LogP contribution is -1.99. The van der Waals surface area contributed by atoms with Gasteiger partial charge in [0.1, 0.15) is 17.5 Å². The van der Waals surface area contributed by atoms with Crippen LogP contribution in [0, 0.1) is 21.4 Å². The molecule has 6 heteroatoms. The van der Waals surface area contributed by atoms with E-state index in [4.69, 9.17) is 5.26 Å². The summed E-state index contributed by atoms with van der Waals surface area (Å²) in [5.74, 6) is -0.342. The second kappa shape index (κ2) is 6.21. The van der Waals surface area contributed by atoms with Crippen LogP contribution in [-0.2, 0) is 0 Å². The second-order valence-electron chi connectivity index (χ2n) is 4.07. The van der Waals surface area contributed by atoms with Crippen LogP contribution in [-0.4, -0.2) is 15.7 Å². The first-order valence-corrected chi connectivity index (χ1v) is 5.94. The van der Waals surface area contributed by atoms with Crippen molar-refractivity contribution in [1.29, 1.82) is 5.26 Å². The standard InChI is InChI=1S/C15H9N3O3/c16-10-12-2-1-3-14(17-12)15(19)9-6-11-4-7-13(8-5-11)18(20)21/h1-9H. The van der Waals surface area contributed by atoms with Gasteiger partial charge in [-0.25, -0.2) is 4.98 Å². The molecular weight excluding hydrogens is 270 g/mol. The number of allylic oxidation sites excluding steroid dienone is 1. The maximum absolute atomic E-state index is 11.9. The molecule has 102 valence electrons. The molecule has 0 spiro atoms. The molecule has 0 bridgehead atoms. The minimum Gasteiger partial charge on any atom is -0.288 e. The van der Waals surface area contributed by atoms with Crippen molar-refractivity contribution in [2.45, 2.75) is 0 Å². The van der Waals surface area contributed by atoms with E-state index in [1.54, 1.807) is 18.2 Å². The Morgan fingerprint density at radius 2 is 1.95 bits per heavy atom. The number of hydrogen-bond acceptors (Lipinski definition) is 5. The van der Waals surface area contributed by atoms with Gasteiger partial charge in [0, 0.05) is 12.1 Å². The highest BCUT2D eigenvalue weighted by molar-refractivity contribution is 6.05. The molecule has 0 radical (unpaired) electrons. The van der Waals surface area contributed by atoms with Gasteiger partial charge >= 0.3 is 0 Å². The molecule has 0 aliphatic carbocycles. The van der Waals surface area contributed by atoms with E-state index in [0.717, 1.165) is 0 Å². The average Bonchev–Trinajstić information content (AvgIpc) is 2.53. The zero-order valence-electron chi connectivity index (χ0n) is 10.8. The largest absolute Gasteiger partial charge is 0.288 e. The molecule has 1 aromatic carbocycles. The SMILES string of the molecule is N#Cc1cccc(C(=O)C=Cc2ccc([N+](=O)[O-])cc2)n1. The van der Waals surface area contributed by atoms with E-state index in [1.165, 1.54) is 36.4 Å². The topological polar surface area (TPSA) is 96.9 Å². The second-order valence-corrected chi connectivity index (χ2v) is 4.07. The molecule has 1 heterocycles. The number of pyridine rings is 1. The predicted octanol–water partition coefficient (Wildman–Crippen LogP) is 2.76. The first-order chi connectivity index (χ1) is 10.1. The van der Waals surface area contributed by atoms with Gasteiger partial charge in [0.25, 0.3) is 5.69 Å². The molecule has 2 rings (SSSR count). The van der Waals surface area contributed by atoms with E-state index in [1.807, 2.05) is 6.07 Å². The van der Waals surface area contributed by atoms with Gasteiger partial charge < -0.3 is 0 Å². The normalized spacial score (nSPS) is 10.2. The first kappa shape index (κ1) is 14.1. The Morgan fingerprint density at radius 1 is 1.24 bits per heavy atom. The van der Waals surface area contributed by atoms with E-state index in [-0.39, 0.29) is 22.9 Å². The van der Waals surface area contributed by atoms with Gasteiger partial charge in [-0.2, -0.15) is 5.26 Å². The summed E-state index contributed by atoms with van der Waals surface area (Å²) < 4.78 is 0. The number of hydrogen-bond donors (Lipinski definition) is 0. The van der Waals surface area contributed by atoms with Crippen LogP contribution in [0.4, 0.5) is 5.69 Å². The lowest BCUT2D eigenvalue weighted by atomic mass is 10.1. The molecule has 0 fully saturated rings. The molecular formula is C15H9N3O3. The number of non-ortho nitro benzene ring substituents is 1. The minimum atomic E-state index is -0.490. The average molecular weight is 279 g/mol. The van der Waals surface area contributed by atoms with E-state index in [0.29, 0.717) is 5.56 Å². The monoisotopic (exact) mass is 279 g/mol. The maximum Gasteiger partial charge on any atom is 0.269 e. The Bertz CT molecular complexity index is 758. The third kappa shape index (κ3) is 3.58. The number of aromatic nitrogens is 1. The highest BCUT2D eigenvalue weighted by Crippen LogP contribution is 2.13. The molecule has 0 amide bonds. The number of benzene rings is 1. The third-order valence-electron chi connectivity index (χ3n) is 2.65. The molecule has 0 saturated carbocycles. The summed E-state index contributed by atoms with van der Waals surface area (Å²) in [6.07, 6.45) is 2.84. The number of nitriles is 1. The van der Waals surface area contributed by atoms with E-state index < -0.39 is 4.92 Å². The fraction of sp³-hybridized carbons (Fsp3) is 0. The Balaban J connectivity index is 2.15. The van der Waals surface area contributed by atoms with Crippen LogP contribution >= 0.6 is 0 Å². The number of ketones is 1. The zero-order valence-corrected chi connectivity index (χ0v) is 10.8. The number of nitro groups is 1. The smallest absolute Gasteiger partial charge is 0.269 e. The lowest BCUT2D eigenvalue weighted by molar-refractivity contribution is -0.384. The van der Waals surface area contributed by atoms with Gasteiger partial charge in [0.2, 0.25) is 5.78 Å². The van der Waals surface area contributed by atoms with Gasteiger partial charge in [-0.15, -0.1) is 0 Å². The van der Waals surface area contributed by atoms with Crippen molar-refractivity contribution in [2.75, 3.05) is 0 Å². The molecule has 21 heavy (non-hydrogen) atoms. The van der Waals surface area contributed by atoms with Gasteiger partial charge in [-0.1, -0.05) is 12.1 Å². The van der Waals surface area contributed by atoms with Gasteiger partial charge in [0.05, 0.1) is 4.92 Å². The summed E-state index contributed by atoms with van der Waals surface area (Å²) in [4.78, 5) is 25.8. The summed E-state index contributed by atoms with van der Waals surface area (Å²) in [7, 11) is 0. The van der Waals surface area contributed by atoms with Crippen molar-refractivity contribution in [3.8, 4) is 6.07 Å². The van der Waals surface area contributed by atoms with Crippen LogP contribution in [0.15, 0.2) is 48.5 Å². The zero-order chi connectivity index (χ0) is 15.2. The molecule has 0 N–H and O–H groups in total. The molecule has 2 aromatic rings. The third-order valence-corrected chi connectivity index (χ3v) is 2.65. The first-order valence-electron chi connectivity index (χ1n) is 5.94. The van der Waals surface area contributed by atoms with Crippen LogP contribution in [0.1, 0.15) is 21.7 Å². The lowest BCUT2D eigenvalue weighted by Gasteiger charge is -1.96. The van der Waals surface area contributed by atoms with Crippen LogP contribution in [0.2, 0.25) is 0 Å². The summed E-state index contributed by atoms with van der Waals surface area (Å²) in [5.41, 5.74) is 0.990. The van der Waals surface area contributed by atoms with E-state index in [2.05, 4.69) is 4.98 Å². The van der Waals surface area contributed by atoms with E-state index >= 15 is 0 Å². The van der Waals surface area contributed by atoms with Crippen molar-refractivity contribution < 1.29 is 9.72 Å². The highest BCUT2D eigenvalue weighted by Gasteiger charge is 2.05. The van der Waals surface area contributed by atoms with Crippen molar-refractivity contribution in [3.63, 3.8) is 0 Å². The van der Waals surface area contributed by atoms with Gasteiger partial charge in [-0.3, -0.25) is 14.9 Å². The van der Waals surface area contributed by atoms with Crippen molar-refractivity contribution in [1.82, 2.24) is 4.98 Å². The Morgan fingerprint density at radius 3 is 2.57 bits per heavy atom. The number of nitrogens with zero attached hydrogens (tertiary/aromatic N) is 3. The Labute approximate surface area is 120 Å². The maximum atomic E-state index is 11.9. The predicted molar refractivity (Wildman–Crippen MR) is 75.4 cm³/mol. The summed E-state index contributed by atoms with van der Waals surface area (Å²) in [6, 6.07) is 12.3. The van der Waals surface area contributed by atoms with Crippen LogP contribution in [0.25, 0.3) is 6.08 Å². The van der Waals surface area contributed by atoms with Crippen molar-refractivity contribution in [2.24, 2.45) is 0 Å². The van der Waals surface area contributed by atoms with Gasteiger partial charge in [0.15, 0.2) is 0 Å². The Hall–Kier alpha value is -3.33. The number of carbonyl (C=O) groups excluding carboxylic acids is 1. The summed E-state index contributed by atoms with van der Waals surface area (Å²) in [6.45, 7) is 0. The molecule has 0 saturated heterocycles. The fourth-order valence-corrected chi connectivity index (χ4v) is 1.60.